The predicted molar refractivity (Wildman–Crippen MR) is 69.8 cm³/mol. The van der Waals surface area contributed by atoms with Crippen LogP contribution < -0.4 is 0 Å². The van der Waals surface area contributed by atoms with Gasteiger partial charge in [0.05, 0.1) is 0 Å². The summed E-state index contributed by atoms with van der Waals surface area (Å²) in [5, 5.41) is 7.59. The Morgan fingerprint density at radius 1 is 1.18 bits per heavy atom. The monoisotopic (exact) mass is 278 g/mol. The fourth-order valence-electron chi connectivity index (χ4n) is 0.753. The van der Waals surface area contributed by atoms with E-state index in [1.54, 1.807) is 0 Å². The molecule has 0 aliphatic carbocycles. The number of halogens is 1. The summed E-state index contributed by atoms with van der Waals surface area (Å²) >= 11 is 7.00. The summed E-state index contributed by atoms with van der Waals surface area (Å²) in [5.41, 5.74) is 0.147. The van der Waals surface area contributed by atoms with E-state index in [-0.39, 0.29) is 16.0 Å². The molecule has 0 aromatic carbocycles. The smallest absolute Gasteiger partial charge is 0.243 e. The number of hydrogen-bond acceptors (Lipinski definition) is 5. The van der Waals surface area contributed by atoms with E-state index >= 15 is 0 Å². The summed E-state index contributed by atoms with van der Waals surface area (Å²) in [4.78, 5) is 0. The molecule has 0 unspecified atom stereocenters. The average molecular weight is 279 g/mol. The normalized spacial score (nSPS) is 13.1. The maximum atomic E-state index is 5.56. The van der Waals surface area contributed by atoms with Crippen LogP contribution in [0.4, 0.5) is 0 Å². The Labute approximate surface area is 112 Å². The van der Waals surface area contributed by atoms with E-state index in [1.807, 2.05) is 0 Å². The minimum absolute atomic E-state index is 0.00232. The van der Waals surface area contributed by atoms with Crippen molar-refractivity contribution in [1.82, 2.24) is 10.2 Å². The van der Waals surface area contributed by atoms with Crippen LogP contribution in [0.25, 0.3) is 0 Å². The van der Waals surface area contributed by atoms with Crippen LogP contribution in [0.15, 0.2) is 4.42 Å². The summed E-state index contributed by atoms with van der Waals surface area (Å²) in [6, 6.07) is 0. The highest BCUT2D eigenvalue weighted by molar-refractivity contribution is 7.96. The maximum absolute atomic E-state index is 5.56. The van der Waals surface area contributed by atoms with Crippen molar-refractivity contribution < 1.29 is 8.60 Å². The van der Waals surface area contributed by atoms with Gasteiger partial charge in [-0.2, -0.15) is 0 Å². The lowest BCUT2D eigenvalue weighted by molar-refractivity contribution is 0.264. The zero-order valence-electron chi connectivity index (χ0n) is 10.9. The molecule has 0 fully saturated rings. The summed E-state index contributed by atoms with van der Waals surface area (Å²) in [6.45, 7) is 11.1. The topological polar surface area (TPSA) is 48.2 Å². The third-order valence-corrected chi connectivity index (χ3v) is 4.37. The molecule has 1 heterocycles. The first-order valence-electron chi connectivity index (χ1n) is 5.44. The molecule has 0 bridgehead atoms. The highest BCUT2D eigenvalue weighted by Crippen LogP contribution is 2.41. The molecule has 1 rings (SSSR count). The lowest BCUT2D eigenvalue weighted by Crippen LogP contribution is -2.33. The van der Waals surface area contributed by atoms with Crippen molar-refractivity contribution in [2.24, 2.45) is 5.41 Å². The average Bonchev–Trinajstić information content (AvgIpc) is 2.63. The Hall–Kier alpha value is -0.260. The fraction of sp³-hybridized carbons (Fsp3) is 0.818. The van der Waals surface area contributed by atoms with Gasteiger partial charge in [-0.1, -0.05) is 20.8 Å². The van der Waals surface area contributed by atoms with Gasteiger partial charge in [-0.25, -0.2) is 0 Å². The van der Waals surface area contributed by atoms with Gasteiger partial charge in [-0.15, -0.1) is 21.8 Å². The first-order chi connectivity index (χ1) is 7.76. The molecule has 0 saturated heterocycles. The van der Waals surface area contributed by atoms with Crippen LogP contribution in [-0.2, 0) is 16.7 Å². The lowest BCUT2D eigenvalue weighted by Gasteiger charge is -2.36. The molecule has 0 saturated carbocycles. The Kier molecular flexibility index (Phi) is 4.86. The molecule has 6 heteroatoms. The van der Waals surface area contributed by atoms with Crippen molar-refractivity contribution in [1.29, 1.82) is 0 Å². The number of aromatic nitrogens is 2. The maximum Gasteiger partial charge on any atom is 0.243 e. The van der Waals surface area contributed by atoms with E-state index in [9.17, 15) is 0 Å². The van der Waals surface area contributed by atoms with Crippen LogP contribution >= 0.6 is 23.6 Å². The SMILES string of the molecule is CC(C)(C)C(C)(C)SOCc1nnc(CCl)o1. The van der Waals surface area contributed by atoms with Crippen molar-refractivity contribution in [2.75, 3.05) is 0 Å². The van der Waals surface area contributed by atoms with E-state index in [0.29, 0.717) is 18.4 Å². The summed E-state index contributed by atoms with van der Waals surface area (Å²) in [6.07, 6.45) is 0. The van der Waals surface area contributed by atoms with Crippen molar-refractivity contribution >= 4 is 23.6 Å². The molecule has 98 valence electrons. The number of hydrogen-bond donors (Lipinski definition) is 0. The molecule has 0 atom stereocenters. The summed E-state index contributed by atoms with van der Waals surface area (Å²) in [7, 11) is 0. The largest absolute Gasteiger partial charge is 0.421 e. The van der Waals surface area contributed by atoms with Crippen molar-refractivity contribution in [3.8, 4) is 0 Å². The molecule has 4 nitrogen and oxygen atoms in total. The van der Waals surface area contributed by atoms with Crippen LogP contribution in [0.2, 0.25) is 0 Å². The van der Waals surface area contributed by atoms with E-state index in [2.05, 4.69) is 44.8 Å². The lowest BCUT2D eigenvalue weighted by atomic mass is 9.83. The molecule has 0 aliphatic rings. The number of rotatable bonds is 5. The van der Waals surface area contributed by atoms with Gasteiger partial charge in [0, 0.05) is 4.75 Å². The molecule has 0 spiro atoms. The highest BCUT2D eigenvalue weighted by atomic mass is 35.5. The summed E-state index contributed by atoms with van der Waals surface area (Å²) in [5.74, 6) is 1.11. The molecule has 1 aromatic rings. The summed E-state index contributed by atoms with van der Waals surface area (Å²) < 4.78 is 10.8. The van der Waals surface area contributed by atoms with Crippen molar-refractivity contribution in [3.63, 3.8) is 0 Å². The van der Waals surface area contributed by atoms with Crippen LogP contribution in [0, 0.1) is 5.41 Å². The minimum atomic E-state index is 0.00232. The Bertz CT molecular complexity index is 361. The number of alkyl halides is 1. The molecule has 0 N–H and O–H groups in total. The van der Waals surface area contributed by atoms with Gasteiger partial charge in [-0.3, -0.25) is 0 Å². The highest BCUT2D eigenvalue weighted by Gasteiger charge is 2.34. The first kappa shape index (κ1) is 14.8. The minimum Gasteiger partial charge on any atom is -0.421 e. The molecule has 17 heavy (non-hydrogen) atoms. The zero-order chi connectivity index (χ0) is 13.1. The van der Waals surface area contributed by atoms with Gasteiger partial charge in [0.1, 0.15) is 12.5 Å². The molecule has 0 amide bonds. The van der Waals surface area contributed by atoms with E-state index in [4.69, 9.17) is 20.2 Å². The van der Waals surface area contributed by atoms with Gasteiger partial charge >= 0.3 is 0 Å². The first-order valence-corrected chi connectivity index (χ1v) is 6.72. The third-order valence-electron chi connectivity index (χ3n) is 2.88. The second-order valence-corrected chi connectivity index (χ2v) is 7.02. The molecular formula is C11H19ClN2O2S. The Morgan fingerprint density at radius 2 is 1.76 bits per heavy atom. The van der Waals surface area contributed by atoms with E-state index < -0.39 is 0 Å². The standard InChI is InChI=1S/C11H19ClN2O2S/c1-10(2,3)11(4,5)17-15-7-9-14-13-8(6-12)16-9/h6-7H2,1-5H3. The van der Waals surface area contributed by atoms with Crippen LogP contribution in [0.1, 0.15) is 46.4 Å². The Balaban J connectivity index is 2.42. The fourth-order valence-corrected chi connectivity index (χ4v) is 1.57. The molecule has 0 aliphatic heterocycles. The van der Waals surface area contributed by atoms with Gasteiger partial charge in [0.25, 0.3) is 0 Å². The van der Waals surface area contributed by atoms with Crippen molar-refractivity contribution in [3.05, 3.63) is 11.8 Å². The van der Waals surface area contributed by atoms with Crippen LogP contribution in [0.3, 0.4) is 0 Å². The van der Waals surface area contributed by atoms with Gasteiger partial charge < -0.3 is 8.60 Å². The predicted octanol–water partition coefficient (Wildman–Crippen LogP) is 3.80. The second-order valence-electron chi connectivity index (χ2n) is 5.33. The van der Waals surface area contributed by atoms with Gasteiger partial charge in [0.2, 0.25) is 11.8 Å². The van der Waals surface area contributed by atoms with Crippen molar-refractivity contribution in [2.45, 2.75) is 51.9 Å². The van der Waals surface area contributed by atoms with E-state index in [0.717, 1.165) is 0 Å². The van der Waals surface area contributed by atoms with Crippen LogP contribution in [0.5, 0.6) is 0 Å². The third kappa shape index (κ3) is 4.16. The molecule has 1 aromatic heterocycles. The van der Waals surface area contributed by atoms with E-state index in [1.165, 1.54) is 12.0 Å². The van der Waals surface area contributed by atoms with Gasteiger partial charge in [0.15, 0.2) is 0 Å². The second kappa shape index (κ2) is 5.59. The Morgan fingerprint density at radius 3 is 2.24 bits per heavy atom. The number of nitrogens with zero attached hydrogens (tertiary/aromatic N) is 2. The van der Waals surface area contributed by atoms with Gasteiger partial charge in [-0.05, 0) is 31.3 Å². The molecular weight excluding hydrogens is 260 g/mol. The quantitative estimate of drug-likeness (QED) is 0.606. The zero-order valence-corrected chi connectivity index (χ0v) is 12.5. The molecule has 0 radical (unpaired) electrons. The van der Waals surface area contributed by atoms with Crippen LogP contribution in [-0.4, -0.2) is 14.9 Å².